The van der Waals surface area contributed by atoms with Gasteiger partial charge < -0.3 is 14.9 Å². The van der Waals surface area contributed by atoms with E-state index in [4.69, 9.17) is 0 Å². The average molecular weight is 192 g/mol. The topological polar surface area (TPSA) is 0 Å². The zero-order chi connectivity index (χ0) is 4.99. The molecule has 0 saturated heterocycles. The maximum atomic E-state index is 3.56. The molecule has 10 heavy (non-hydrogen) atoms. The quantitative estimate of drug-likeness (QED) is 0.336. The standard InChI is InChI=1S/C6H10.2CH3.H4Si.Ti/c1-4-6(3)5-2;;;;/h4-5H,1H2,2-3H3;2*1H3;1H4;/q;2*-1;;+2. The van der Waals surface area contributed by atoms with Crippen molar-refractivity contribution < 1.29 is 21.7 Å². The van der Waals surface area contributed by atoms with Crippen LogP contribution in [0.25, 0.3) is 0 Å². The summed E-state index contributed by atoms with van der Waals surface area (Å²) in [6.45, 7) is 7.58. The molecule has 0 aliphatic heterocycles. The summed E-state index contributed by atoms with van der Waals surface area (Å²) in [7, 11) is 0. The van der Waals surface area contributed by atoms with Gasteiger partial charge in [-0.3, -0.25) is 0 Å². The molecule has 0 heterocycles. The first-order chi connectivity index (χ1) is 2.81. The molecule has 60 valence electrons. The van der Waals surface area contributed by atoms with Crippen molar-refractivity contribution in [1.82, 2.24) is 0 Å². The van der Waals surface area contributed by atoms with Crippen molar-refractivity contribution in [1.29, 1.82) is 0 Å². The summed E-state index contributed by atoms with van der Waals surface area (Å²) in [5, 5.41) is 0. The molecule has 0 nitrogen and oxygen atoms in total. The Balaban J connectivity index is -0.0000000208. The van der Waals surface area contributed by atoms with Gasteiger partial charge in [-0.2, -0.15) is 0 Å². The van der Waals surface area contributed by atoms with Crippen LogP contribution in [0.4, 0.5) is 0 Å². The van der Waals surface area contributed by atoms with Gasteiger partial charge in [0.1, 0.15) is 0 Å². The van der Waals surface area contributed by atoms with Crippen LogP contribution in [0, 0.1) is 14.9 Å². The van der Waals surface area contributed by atoms with E-state index in [1.807, 2.05) is 26.0 Å². The van der Waals surface area contributed by atoms with E-state index in [2.05, 4.69) is 6.58 Å². The van der Waals surface area contributed by atoms with E-state index in [1.54, 1.807) is 0 Å². The maximum Gasteiger partial charge on any atom is 2.00 e. The Labute approximate surface area is 85.7 Å². The fraction of sp³-hybridized carbons (Fsp3) is 0.250. The minimum atomic E-state index is 0. The van der Waals surface area contributed by atoms with Crippen LogP contribution < -0.4 is 0 Å². The van der Waals surface area contributed by atoms with Crippen molar-refractivity contribution in [2.45, 2.75) is 13.8 Å². The van der Waals surface area contributed by atoms with Crippen molar-refractivity contribution in [3.05, 3.63) is 39.2 Å². The molecule has 2 heteroatoms. The zero-order valence-corrected chi connectivity index (χ0v) is 8.42. The molecule has 0 aliphatic carbocycles. The van der Waals surface area contributed by atoms with E-state index < -0.39 is 0 Å². The summed E-state index contributed by atoms with van der Waals surface area (Å²) >= 11 is 0. The van der Waals surface area contributed by atoms with Crippen LogP contribution in [-0.4, -0.2) is 11.0 Å². The zero-order valence-electron chi connectivity index (χ0n) is 6.86. The van der Waals surface area contributed by atoms with Gasteiger partial charge in [-0.15, -0.1) is 0 Å². The van der Waals surface area contributed by atoms with Crippen molar-refractivity contribution in [3.8, 4) is 0 Å². The largest absolute Gasteiger partial charge is 2.00 e. The molecule has 0 aliphatic rings. The van der Waals surface area contributed by atoms with Crippen LogP contribution in [0.5, 0.6) is 0 Å². The Hall–Kier alpha value is 0.411. The Kier molecular flexibility index (Phi) is 71.6. The molecule has 0 bridgehead atoms. The molecule has 0 unspecified atom stereocenters. The fourth-order valence-corrected chi connectivity index (χ4v) is 0.118. The van der Waals surface area contributed by atoms with E-state index in [0.29, 0.717) is 0 Å². The Morgan fingerprint density at radius 2 is 1.60 bits per heavy atom. The molecule has 0 rings (SSSR count). The summed E-state index contributed by atoms with van der Waals surface area (Å²) in [6, 6.07) is 0. The Bertz CT molecular complexity index is 77.3. The minimum absolute atomic E-state index is 0. The van der Waals surface area contributed by atoms with Crippen molar-refractivity contribution in [2.24, 2.45) is 0 Å². The number of allylic oxidation sites excluding steroid dienone is 3. The van der Waals surface area contributed by atoms with Gasteiger partial charge >= 0.3 is 21.7 Å². The molecule has 0 fully saturated rings. The molecule has 0 amide bonds. The van der Waals surface area contributed by atoms with E-state index in [0.717, 1.165) is 0 Å². The first-order valence-electron chi connectivity index (χ1n) is 2.06. The molecule has 0 aromatic carbocycles. The van der Waals surface area contributed by atoms with Crippen molar-refractivity contribution >= 4 is 11.0 Å². The summed E-state index contributed by atoms with van der Waals surface area (Å²) in [5.41, 5.74) is 1.23. The SMILES string of the molecule is C=CC(C)=CC.[CH3-].[CH3-].[SiH4].[Ti+2]. The fourth-order valence-electron chi connectivity index (χ4n) is 0.118. The maximum absolute atomic E-state index is 3.56. The summed E-state index contributed by atoms with van der Waals surface area (Å²) in [4.78, 5) is 0. The smallest absolute Gasteiger partial charge is 0.358 e. The molecule has 0 spiro atoms. The normalized spacial score (nSPS) is 6.80. The average Bonchev–Trinajstić information content (AvgIpc) is 1.65. The van der Waals surface area contributed by atoms with Gasteiger partial charge in [0.2, 0.25) is 0 Å². The molecule has 0 aromatic rings. The van der Waals surface area contributed by atoms with Crippen LogP contribution in [0.1, 0.15) is 13.8 Å². The van der Waals surface area contributed by atoms with E-state index in [9.17, 15) is 0 Å². The monoisotopic (exact) mass is 192 g/mol. The minimum Gasteiger partial charge on any atom is -0.358 e. The first kappa shape index (κ1) is 31.5. The van der Waals surface area contributed by atoms with Crippen LogP contribution in [0.2, 0.25) is 0 Å². The summed E-state index contributed by atoms with van der Waals surface area (Å²) < 4.78 is 0. The van der Waals surface area contributed by atoms with Gasteiger partial charge in [0, 0.05) is 0 Å². The molecule has 0 atom stereocenters. The Morgan fingerprint density at radius 1 is 1.30 bits per heavy atom. The second-order valence-corrected chi connectivity index (χ2v) is 1.24. The second-order valence-electron chi connectivity index (χ2n) is 1.24. The van der Waals surface area contributed by atoms with Crippen LogP contribution >= 0.6 is 0 Å². The van der Waals surface area contributed by atoms with Gasteiger partial charge in [0.15, 0.2) is 0 Å². The van der Waals surface area contributed by atoms with E-state index >= 15 is 0 Å². The predicted octanol–water partition coefficient (Wildman–Crippen LogP) is 1.59. The van der Waals surface area contributed by atoms with Gasteiger partial charge in [-0.1, -0.05) is 24.3 Å². The second kappa shape index (κ2) is 22.7. The van der Waals surface area contributed by atoms with Gasteiger partial charge in [-0.25, -0.2) is 0 Å². The number of hydrogen-bond donors (Lipinski definition) is 0. The molecular formula is C8H20SiTi. The number of hydrogen-bond acceptors (Lipinski definition) is 0. The van der Waals surface area contributed by atoms with Crippen molar-refractivity contribution in [2.75, 3.05) is 0 Å². The molecular weight excluding hydrogens is 172 g/mol. The van der Waals surface area contributed by atoms with Crippen LogP contribution in [0.3, 0.4) is 0 Å². The third-order valence-corrected chi connectivity index (χ3v) is 0.777. The summed E-state index contributed by atoms with van der Waals surface area (Å²) in [5.74, 6) is 0. The first-order valence-corrected chi connectivity index (χ1v) is 2.06. The van der Waals surface area contributed by atoms with Crippen LogP contribution in [-0.2, 0) is 21.7 Å². The predicted molar refractivity (Wildman–Crippen MR) is 53.8 cm³/mol. The number of rotatable bonds is 1. The van der Waals surface area contributed by atoms with Gasteiger partial charge in [-0.05, 0) is 24.8 Å². The molecule has 0 radical (unpaired) electrons. The third-order valence-electron chi connectivity index (χ3n) is 0.777. The van der Waals surface area contributed by atoms with Gasteiger partial charge in [0.25, 0.3) is 0 Å². The third kappa shape index (κ3) is 23.7. The van der Waals surface area contributed by atoms with Crippen LogP contribution in [0.15, 0.2) is 24.3 Å². The molecule has 0 N–H and O–H groups in total. The van der Waals surface area contributed by atoms with Gasteiger partial charge in [0.05, 0.1) is 0 Å². The molecule has 0 saturated carbocycles. The Morgan fingerprint density at radius 3 is 1.60 bits per heavy atom. The molecule has 0 aromatic heterocycles. The van der Waals surface area contributed by atoms with E-state index in [1.165, 1.54) is 5.57 Å². The van der Waals surface area contributed by atoms with E-state index in [-0.39, 0.29) is 47.5 Å². The van der Waals surface area contributed by atoms with Crippen molar-refractivity contribution in [3.63, 3.8) is 0 Å². The summed E-state index contributed by atoms with van der Waals surface area (Å²) in [6.07, 6.45) is 3.85.